The highest BCUT2D eigenvalue weighted by atomic mass is 32.1. The fourth-order valence-corrected chi connectivity index (χ4v) is 3.94. The number of hydrogen-bond acceptors (Lipinski definition) is 5. The molecule has 1 aliphatic heterocycles. The van der Waals surface area contributed by atoms with Gasteiger partial charge in [-0.25, -0.2) is 4.98 Å². The Kier molecular flexibility index (Phi) is 4.72. The predicted octanol–water partition coefficient (Wildman–Crippen LogP) is 2.32. The van der Waals surface area contributed by atoms with Crippen molar-refractivity contribution >= 4 is 17.0 Å². The average Bonchev–Trinajstić information content (AvgIpc) is 3.34. The number of thiophene rings is 1. The predicted molar refractivity (Wildman–Crippen MR) is 99.4 cm³/mol. The van der Waals surface area contributed by atoms with Gasteiger partial charge in [-0.1, -0.05) is 18.2 Å². The molecule has 1 fully saturated rings. The van der Waals surface area contributed by atoms with Crippen molar-refractivity contribution in [2.24, 2.45) is 0 Å². The van der Waals surface area contributed by atoms with E-state index in [4.69, 9.17) is 9.15 Å². The van der Waals surface area contributed by atoms with Crippen LogP contribution in [-0.2, 0) is 6.54 Å². The Morgan fingerprint density at radius 3 is 2.80 bits per heavy atom. The van der Waals surface area contributed by atoms with E-state index in [1.54, 1.807) is 24.7 Å². The molecule has 1 saturated heterocycles. The number of quaternary nitrogens is 1. The van der Waals surface area contributed by atoms with Crippen molar-refractivity contribution in [2.75, 3.05) is 38.2 Å². The van der Waals surface area contributed by atoms with E-state index in [1.165, 1.54) is 10.6 Å². The SMILES string of the molecule is COc1ccccc1N1CC[NH+](Cc2coc(-c3cccs3)n2)CC1. The van der Waals surface area contributed by atoms with E-state index in [-0.39, 0.29) is 0 Å². The maximum absolute atomic E-state index is 5.63. The number of rotatable bonds is 5. The molecule has 130 valence electrons. The summed E-state index contributed by atoms with van der Waals surface area (Å²) in [6, 6.07) is 12.3. The van der Waals surface area contributed by atoms with Gasteiger partial charge in [-0.2, -0.15) is 0 Å². The van der Waals surface area contributed by atoms with Gasteiger partial charge in [0.1, 0.15) is 24.3 Å². The van der Waals surface area contributed by atoms with Gasteiger partial charge in [0.05, 0.1) is 43.9 Å². The zero-order valence-electron chi connectivity index (χ0n) is 14.3. The molecule has 0 radical (unpaired) electrons. The molecular weight excluding hydrogens is 334 g/mol. The van der Waals surface area contributed by atoms with Gasteiger partial charge >= 0.3 is 0 Å². The molecule has 4 rings (SSSR count). The molecule has 2 aromatic heterocycles. The first-order chi connectivity index (χ1) is 12.3. The minimum atomic E-state index is 0.733. The van der Waals surface area contributed by atoms with Crippen molar-refractivity contribution in [1.29, 1.82) is 0 Å². The average molecular weight is 356 g/mol. The Morgan fingerprint density at radius 1 is 1.20 bits per heavy atom. The lowest BCUT2D eigenvalue weighted by Gasteiger charge is -2.33. The van der Waals surface area contributed by atoms with Crippen LogP contribution in [0.1, 0.15) is 5.69 Å². The Balaban J connectivity index is 1.36. The fourth-order valence-electron chi connectivity index (χ4n) is 3.29. The Labute approximate surface area is 151 Å². The van der Waals surface area contributed by atoms with E-state index < -0.39 is 0 Å². The van der Waals surface area contributed by atoms with E-state index in [1.807, 2.05) is 29.6 Å². The largest absolute Gasteiger partial charge is 0.495 e. The van der Waals surface area contributed by atoms with Gasteiger partial charge in [-0.15, -0.1) is 11.3 Å². The zero-order chi connectivity index (χ0) is 17.1. The van der Waals surface area contributed by atoms with E-state index in [0.717, 1.165) is 54.9 Å². The summed E-state index contributed by atoms with van der Waals surface area (Å²) in [4.78, 5) is 9.67. The molecule has 0 unspecified atom stereocenters. The standard InChI is InChI=1S/C19H21N3O2S/c1-23-17-6-3-2-5-16(17)22-10-8-21(9-11-22)13-15-14-24-19(20-15)18-7-4-12-25-18/h2-7,12,14H,8-11,13H2,1H3/p+1. The highest BCUT2D eigenvalue weighted by Gasteiger charge is 2.23. The third-order valence-electron chi connectivity index (χ3n) is 4.61. The number of benzene rings is 1. The Bertz CT molecular complexity index is 808. The molecule has 5 nitrogen and oxygen atoms in total. The molecule has 0 amide bonds. The van der Waals surface area contributed by atoms with Gasteiger partial charge in [-0.05, 0) is 23.6 Å². The quantitative estimate of drug-likeness (QED) is 0.762. The molecule has 0 aliphatic carbocycles. The third-order valence-corrected chi connectivity index (χ3v) is 5.47. The van der Waals surface area contributed by atoms with E-state index in [2.05, 4.69) is 22.0 Å². The first kappa shape index (κ1) is 16.2. The molecule has 25 heavy (non-hydrogen) atoms. The van der Waals surface area contributed by atoms with Crippen LogP contribution in [0.4, 0.5) is 5.69 Å². The lowest BCUT2D eigenvalue weighted by molar-refractivity contribution is -0.914. The number of hydrogen-bond donors (Lipinski definition) is 1. The molecule has 6 heteroatoms. The van der Waals surface area contributed by atoms with Crippen LogP contribution in [0, 0.1) is 0 Å². The highest BCUT2D eigenvalue weighted by Crippen LogP contribution is 2.27. The zero-order valence-corrected chi connectivity index (χ0v) is 15.1. The first-order valence-electron chi connectivity index (χ1n) is 8.53. The molecule has 3 aromatic rings. The number of oxazole rings is 1. The smallest absolute Gasteiger partial charge is 0.236 e. The van der Waals surface area contributed by atoms with Crippen LogP contribution in [0.15, 0.2) is 52.5 Å². The summed E-state index contributed by atoms with van der Waals surface area (Å²) in [6.07, 6.45) is 1.80. The summed E-state index contributed by atoms with van der Waals surface area (Å²) in [6.45, 7) is 5.11. The fraction of sp³-hybridized carbons (Fsp3) is 0.316. The van der Waals surface area contributed by atoms with Gasteiger partial charge in [-0.3, -0.25) is 0 Å². The number of ether oxygens (including phenoxy) is 1. The van der Waals surface area contributed by atoms with Gasteiger partial charge in [0.25, 0.3) is 0 Å². The number of nitrogens with one attached hydrogen (secondary N) is 1. The van der Waals surface area contributed by atoms with Crippen molar-refractivity contribution in [3.8, 4) is 16.5 Å². The van der Waals surface area contributed by atoms with E-state index in [0.29, 0.717) is 0 Å². The summed E-state index contributed by atoms with van der Waals surface area (Å²) in [7, 11) is 1.73. The second kappa shape index (κ2) is 7.29. The normalized spacial score (nSPS) is 15.5. The summed E-state index contributed by atoms with van der Waals surface area (Å²) in [5, 5.41) is 2.04. The second-order valence-electron chi connectivity index (χ2n) is 6.21. The number of nitrogens with zero attached hydrogens (tertiary/aromatic N) is 2. The first-order valence-corrected chi connectivity index (χ1v) is 9.41. The van der Waals surface area contributed by atoms with Crippen molar-refractivity contribution in [3.63, 3.8) is 0 Å². The molecule has 0 bridgehead atoms. The summed E-state index contributed by atoms with van der Waals surface area (Å²) < 4.78 is 11.1. The van der Waals surface area contributed by atoms with Crippen LogP contribution in [-0.4, -0.2) is 38.3 Å². The molecule has 0 atom stereocenters. The highest BCUT2D eigenvalue weighted by molar-refractivity contribution is 7.13. The van der Waals surface area contributed by atoms with Crippen LogP contribution in [0.2, 0.25) is 0 Å². The van der Waals surface area contributed by atoms with Gasteiger partial charge in [0, 0.05) is 0 Å². The molecule has 1 N–H and O–H groups in total. The lowest BCUT2D eigenvalue weighted by atomic mass is 10.2. The van der Waals surface area contributed by atoms with E-state index >= 15 is 0 Å². The number of aromatic nitrogens is 1. The van der Waals surface area contributed by atoms with Gasteiger partial charge in [0.15, 0.2) is 0 Å². The number of anilines is 1. The number of para-hydroxylation sites is 2. The van der Waals surface area contributed by atoms with Crippen LogP contribution < -0.4 is 14.5 Å². The molecule has 1 aliphatic rings. The molecule has 3 heterocycles. The van der Waals surface area contributed by atoms with Gasteiger partial charge < -0.3 is 19.0 Å². The van der Waals surface area contributed by atoms with E-state index in [9.17, 15) is 0 Å². The van der Waals surface area contributed by atoms with Crippen molar-refractivity contribution in [2.45, 2.75) is 6.54 Å². The second-order valence-corrected chi connectivity index (χ2v) is 7.15. The molecule has 0 saturated carbocycles. The third kappa shape index (κ3) is 3.55. The maximum atomic E-state index is 5.63. The van der Waals surface area contributed by atoms with Crippen LogP contribution in [0.25, 0.3) is 10.8 Å². The number of methoxy groups -OCH3 is 1. The Hall–Kier alpha value is -2.31. The minimum absolute atomic E-state index is 0.733. The molecular formula is C19H22N3O2S+. The summed E-state index contributed by atoms with van der Waals surface area (Å²) >= 11 is 1.66. The number of piperazine rings is 1. The van der Waals surface area contributed by atoms with Crippen LogP contribution in [0.3, 0.4) is 0 Å². The molecule has 0 spiro atoms. The Morgan fingerprint density at radius 2 is 2.04 bits per heavy atom. The minimum Gasteiger partial charge on any atom is -0.495 e. The summed E-state index contributed by atoms with van der Waals surface area (Å²) in [5.74, 6) is 1.68. The van der Waals surface area contributed by atoms with Crippen molar-refractivity contribution < 1.29 is 14.1 Å². The maximum Gasteiger partial charge on any atom is 0.236 e. The molecule has 1 aromatic carbocycles. The lowest BCUT2D eigenvalue weighted by Crippen LogP contribution is -3.13. The van der Waals surface area contributed by atoms with Crippen LogP contribution >= 0.6 is 11.3 Å². The summed E-state index contributed by atoms with van der Waals surface area (Å²) in [5.41, 5.74) is 2.22. The monoisotopic (exact) mass is 356 g/mol. The van der Waals surface area contributed by atoms with Crippen molar-refractivity contribution in [3.05, 3.63) is 53.7 Å². The van der Waals surface area contributed by atoms with Gasteiger partial charge in [0.2, 0.25) is 5.89 Å². The topological polar surface area (TPSA) is 42.9 Å². The van der Waals surface area contributed by atoms with Crippen molar-refractivity contribution in [1.82, 2.24) is 4.98 Å². The van der Waals surface area contributed by atoms with Crippen LogP contribution in [0.5, 0.6) is 5.75 Å².